The summed E-state index contributed by atoms with van der Waals surface area (Å²) in [4.78, 5) is 21.6. The second-order valence-corrected chi connectivity index (χ2v) is 6.11. The van der Waals surface area contributed by atoms with Crippen molar-refractivity contribution in [3.8, 4) is 5.75 Å². The predicted octanol–water partition coefficient (Wildman–Crippen LogP) is 2.70. The van der Waals surface area contributed by atoms with Gasteiger partial charge in [0.25, 0.3) is 0 Å². The lowest BCUT2D eigenvalue weighted by Crippen LogP contribution is -2.43. The number of carbonyl (C=O) groups excluding carboxylic acids is 1. The second kappa shape index (κ2) is 6.34. The number of nitro groups is 1. The fourth-order valence-corrected chi connectivity index (χ4v) is 3.04. The molecule has 0 aromatic heterocycles. The molecule has 0 aliphatic heterocycles. The third kappa shape index (κ3) is 3.21. The molecular weight excluding hydrogens is 286 g/mol. The van der Waals surface area contributed by atoms with Crippen molar-refractivity contribution in [2.24, 2.45) is 5.92 Å². The van der Waals surface area contributed by atoms with E-state index in [1.165, 1.54) is 12.1 Å². The van der Waals surface area contributed by atoms with Crippen LogP contribution in [0.15, 0.2) is 18.2 Å². The molecule has 0 amide bonds. The molecule has 6 nitrogen and oxygen atoms in total. The maximum atomic E-state index is 11.2. The average Bonchev–Trinajstić information content (AvgIpc) is 2.47. The minimum atomic E-state index is -1.37. The van der Waals surface area contributed by atoms with Crippen molar-refractivity contribution in [1.29, 1.82) is 0 Å². The molecule has 1 aliphatic carbocycles. The smallest absolute Gasteiger partial charge is 0.310 e. The number of benzene rings is 1. The van der Waals surface area contributed by atoms with Crippen LogP contribution in [0.25, 0.3) is 0 Å². The van der Waals surface area contributed by atoms with Gasteiger partial charge in [0.1, 0.15) is 5.60 Å². The lowest BCUT2D eigenvalue weighted by molar-refractivity contribution is -0.386. The van der Waals surface area contributed by atoms with Gasteiger partial charge in [-0.15, -0.1) is 0 Å². The van der Waals surface area contributed by atoms with Gasteiger partial charge in [0.15, 0.2) is 5.75 Å². The first-order valence-corrected chi connectivity index (χ1v) is 7.54. The molecule has 6 heteroatoms. The maximum absolute atomic E-state index is 11.2. The van der Waals surface area contributed by atoms with Crippen LogP contribution in [0.5, 0.6) is 5.75 Å². The monoisotopic (exact) mass is 306 g/mol. The molecule has 1 aromatic carbocycles. The standard InChI is InChI=1S/C16H21NO5/c1-11(2)16(8-4-3-5-9-16)22-14-10-12(15(18)19)6-7-13(14)17(20)21/h6-7,10-11H,3-5,8-9H2,1-2H3,(H,18,19)/p-1. The van der Waals surface area contributed by atoms with Crippen molar-refractivity contribution in [3.05, 3.63) is 33.9 Å². The summed E-state index contributed by atoms with van der Waals surface area (Å²) < 4.78 is 6.05. The van der Waals surface area contributed by atoms with E-state index in [0.29, 0.717) is 0 Å². The van der Waals surface area contributed by atoms with Crippen LogP contribution >= 0.6 is 0 Å². The van der Waals surface area contributed by atoms with Gasteiger partial charge >= 0.3 is 5.69 Å². The highest BCUT2D eigenvalue weighted by atomic mass is 16.6. The molecule has 0 saturated heterocycles. The number of nitro benzene ring substituents is 1. The molecular formula is C16H20NO5-. The quantitative estimate of drug-likeness (QED) is 0.616. The first kappa shape index (κ1) is 16.3. The van der Waals surface area contributed by atoms with Gasteiger partial charge < -0.3 is 14.6 Å². The second-order valence-electron chi connectivity index (χ2n) is 6.11. The first-order valence-electron chi connectivity index (χ1n) is 7.54. The molecule has 120 valence electrons. The number of aromatic carboxylic acids is 1. The van der Waals surface area contributed by atoms with E-state index in [1.54, 1.807) is 0 Å². The van der Waals surface area contributed by atoms with Gasteiger partial charge in [0.05, 0.1) is 10.9 Å². The molecule has 0 bridgehead atoms. The Morgan fingerprint density at radius 2 is 1.91 bits per heavy atom. The molecule has 0 atom stereocenters. The molecule has 0 heterocycles. The number of carboxylic acids is 1. The SMILES string of the molecule is CC(C)C1(Oc2cc(C(=O)[O-])ccc2[N+](=O)[O-])CCCCC1. The van der Waals surface area contributed by atoms with Crippen LogP contribution < -0.4 is 9.84 Å². The molecule has 2 rings (SSSR count). The number of carboxylic acid groups (broad SMARTS) is 1. The number of hydrogen-bond donors (Lipinski definition) is 0. The Morgan fingerprint density at radius 3 is 2.41 bits per heavy atom. The van der Waals surface area contributed by atoms with Gasteiger partial charge in [-0.3, -0.25) is 10.1 Å². The average molecular weight is 306 g/mol. The maximum Gasteiger partial charge on any atom is 0.310 e. The highest BCUT2D eigenvalue weighted by Crippen LogP contribution is 2.41. The summed E-state index contributed by atoms with van der Waals surface area (Å²) in [5, 5.41) is 22.2. The van der Waals surface area contributed by atoms with Gasteiger partial charge in [0.2, 0.25) is 0 Å². The molecule has 0 radical (unpaired) electrons. The molecule has 1 aliphatic rings. The zero-order valence-electron chi connectivity index (χ0n) is 12.8. The lowest BCUT2D eigenvalue weighted by atomic mass is 9.77. The number of nitrogens with zero attached hydrogens (tertiary/aromatic N) is 1. The van der Waals surface area contributed by atoms with Crippen LogP contribution in [0.3, 0.4) is 0 Å². The fourth-order valence-electron chi connectivity index (χ4n) is 3.04. The zero-order valence-corrected chi connectivity index (χ0v) is 12.8. The van der Waals surface area contributed by atoms with E-state index in [4.69, 9.17) is 4.74 Å². The number of carbonyl (C=O) groups is 1. The number of hydrogen-bond acceptors (Lipinski definition) is 5. The summed E-state index contributed by atoms with van der Waals surface area (Å²) in [7, 11) is 0. The predicted molar refractivity (Wildman–Crippen MR) is 78.7 cm³/mol. The summed E-state index contributed by atoms with van der Waals surface area (Å²) in [6.07, 6.45) is 4.77. The lowest BCUT2D eigenvalue weighted by Gasteiger charge is -2.41. The van der Waals surface area contributed by atoms with E-state index in [9.17, 15) is 20.0 Å². The van der Waals surface area contributed by atoms with Crippen LogP contribution in [0, 0.1) is 16.0 Å². The van der Waals surface area contributed by atoms with Crippen molar-refractivity contribution < 1.29 is 19.6 Å². The van der Waals surface area contributed by atoms with Crippen LogP contribution in [0.4, 0.5) is 5.69 Å². The Kier molecular flexibility index (Phi) is 4.68. The van der Waals surface area contributed by atoms with Gasteiger partial charge in [-0.05, 0) is 43.7 Å². The van der Waals surface area contributed by atoms with Gasteiger partial charge in [-0.25, -0.2) is 0 Å². The number of rotatable bonds is 5. The van der Waals surface area contributed by atoms with Crippen molar-refractivity contribution >= 4 is 11.7 Å². The normalized spacial score (nSPS) is 17.2. The minimum absolute atomic E-state index is 0.0160. The Bertz CT molecular complexity index is 576. The topological polar surface area (TPSA) is 92.5 Å². The Morgan fingerprint density at radius 1 is 1.27 bits per heavy atom. The largest absolute Gasteiger partial charge is 0.545 e. The third-order valence-corrected chi connectivity index (χ3v) is 4.46. The van der Waals surface area contributed by atoms with Crippen molar-refractivity contribution in [2.75, 3.05) is 0 Å². The van der Waals surface area contributed by atoms with Gasteiger partial charge in [-0.1, -0.05) is 20.3 Å². The van der Waals surface area contributed by atoms with Crippen molar-refractivity contribution in [2.45, 2.75) is 51.6 Å². The molecule has 1 aromatic rings. The molecule has 0 N–H and O–H groups in total. The molecule has 1 fully saturated rings. The molecule has 22 heavy (non-hydrogen) atoms. The fraction of sp³-hybridized carbons (Fsp3) is 0.562. The van der Waals surface area contributed by atoms with Crippen LogP contribution in [-0.4, -0.2) is 16.5 Å². The highest BCUT2D eigenvalue weighted by molar-refractivity contribution is 5.87. The first-order chi connectivity index (χ1) is 10.4. The zero-order chi connectivity index (χ0) is 16.3. The summed E-state index contributed by atoms with van der Waals surface area (Å²) in [5.74, 6) is -1.18. The van der Waals surface area contributed by atoms with Crippen LogP contribution in [0.2, 0.25) is 0 Å². The van der Waals surface area contributed by atoms with E-state index in [2.05, 4.69) is 0 Å². The molecule has 1 saturated carbocycles. The summed E-state index contributed by atoms with van der Waals surface area (Å²) in [5.41, 5.74) is -0.806. The Balaban J connectivity index is 2.42. The van der Waals surface area contributed by atoms with Gasteiger partial charge in [0, 0.05) is 11.6 Å². The van der Waals surface area contributed by atoms with E-state index in [1.807, 2.05) is 13.8 Å². The summed E-state index contributed by atoms with van der Waals surface area (Å²) in [6, 6.07) is 3.53. The van der Waals surface area contributed by atoms with Crippen molar-refractivity contribution in [1.82, 2.24) is 0 Å². The van der Waals surface area contributed by atoms with Crippen LogP contribution in [-0.2, 0) is 0 Å². The molecule has 0 unspecified atom stereocenters. The van der Waals surface area contributed by atoms with E-state index in [-0.39, 0.29) is 22.9 Å². The molecule has 0 spiro atoms. The Hall–Kier alpha value is -2.11. The highest BCUT2D eigenvalue weighted by Gasteiger charge is 2.39. The van der Waals surface area contributed by atoms with Gasteiger partial charge in [-0.2, -0.15) is 0 Å². The third-order valence-electron chi connectivity index (χ3n) is 4.46. The van der Waals surface area contributed by atoms with Crippen LogP contribution in [0.1, 0.15) is 56.3 Å². The number of ether oxygens (including phenoxy) is 1. The minimum Gasteiger partial charge on any atom is -0.545 e. The summed E-state index contributed by atoms with van der Waals surface area (Å²) >= 11 is 0. The van der Waals surface area contributed by atoms with E-state index >= 15 is 0 Å². The Labute approximate surface area is 129 Å². The summed E-state index contributed by atoms with van der Waals surface area (Å²) in [6.45, 7) is 4.06. The van der Waals surface area contributed by atoms with Crippen molar-refractivity contribution in [3.63, 3.8) is 0 Å². The van der Waals surface area contributed by atoms with E-state index < -0.39 is 16.5 Å². The van der Waals surface area contributed by atoms with E-state index in [0.717, 1.165) is 38.2 Å².